The molecule has 0 aliphatic carbocycles. The van der Waals surface area contributed by atoms with Crippen molar-refractivity contribution in [1.82, 2.24) is 5.32 Å². The van der Waals surface area contributed by atoms with Crippen molar-refractivity contribution in [3.63, 3.8) is 0 Å². The monoisotopic (exact) mass is 364 g/mol. The molecule has 7 heteroatoms. The van der Waals surface area contributed by atoms with Gasteiger partial charge in [-0.25, -0.2) is 9.69 Å². The highest BCUT2D eigenvalue weighted by Gasteiger charge is 2.36. The molecule has 0 aromatic heterocycles. The number of hydrogen-bond donors (Lipinski definition) is 2. The number of nitrogens with zero attached hydrogens (tertiary/aromatic N) is 1. The molecule has 2 N–H and O–H groups in total. The maximum atomic E-state index is 12.8. The zero-order valence-electron chi connectivity index (χ0n) is 14.2. The lowest BCUT2D eigenvalue weighted by Crippen LogP contribution is -2.54. The van der Waals surface area contributed by atoms with Gasteiger partial charge in [0, 0.05) is 0 Å². The number of aromatic hydroxyl groups is 1. The summed E-state index contributed by atoms with van der Waals surface area (Å²) in [7, 11) is 0. The third-order valence-corrected chi connectivity index (χ3v) is 3.75. The summed E-state index contributed by atoms with van der Waals surface area (Å²) in [5, 5.41) is 11.5. The molecule has 0 unspecified atom stereocenters. The number of nitrogens with one attached hydrogen (secondary N) is 1. The normalized spacial score (nSPS) is 15.6. The minimum Gasteiger partial charge on any atom is -0.508 e. The summed E-state index contributed by atoms with van der Waals surface area (Å²) in [5.41, 5.74) is 0.607. The molecule has 2 aromatic carbocycles. The number of rotatable bonds is 5. The first kappa shape index (κ1) is 17.9. The van der Waals surface area contributed by atoms with E-state index >= 15 is 0 Å². The van der Waals surface area contributed by atoms with E-state index in [0.29, 0.717) is 17.9 Å². The predicted octanol–water partition coefficient (Wildman–Crippen LogP) is 2.62. The van der Waals surface area contributed by atoms with Crippen molar-refractivity contribution in [3.8, 4) is 11.5 Å². The fourth-order valence-electron chi connectivity index (χ4n) is 2.51. The van der Waals surface area contributed by atoms with Crippen molar-refractivity contribution in [2.24, 2.45) is 0 Å². The summed E-state index contributed by atoms with van der Waals surface area (Å²) in [6, 6.07) is 11.5. The zero-order valence-corrected chi connectivity index (χ0v) is 14.2. The largest absolute Gasteiger partial charge is 0.508 e. The quantitative estimate of drug-likeness (QED) is 0.483. The van der Waals surface area contributed by atoms with E-state index in [9.17, 15) is 19.5 Å². The number of amides is 4. The van der Waals surface area contributed by atoms with Crippen LogP contribution < -0.4 is 15.0 Å². The Labute approximate surface area is 155 Å². The van der Waals surface area contributed by atoms with Crippen LogP contribution in [0.25, 0.3) is 6.08 Å². The second-order valence-electron chi connectivity index (χ2n) is 5.65. The Hall–Kier alpha value is -3.87. The van der Waals surface area contributed by atoms with Gasteiger partial charge in [-0.05, 0) is 48.0 Å². The smallest absolute Gasteiger partial charge is 0.335 e. The van der Waals surface area contributed by atoms with Crippen LogP contribution in [0.15, 0.2) is 66.8 Å². The van der Waals surface area contributed by atoms with Crippen LogP contribution in [0, 0.1) is 0 Å². The summed E-state index contributed by atoms with van der Waals surface area (Å²) in [4.78, 5) is 37.9. The molecule has 136 valence electrons. The number of imide groups is 2. The molecule has 1 aliphatic heterocycles. The highest BCUT2D eigenvalue weighted by atomic mass is 16.5. The molecule has 1 fully saturated rings. The fourth-order valence-corrected chi connectivity index (χ4v) is 2.51. The second-order valence-corrected chi connectivity index (χ2v) is 5.65. The average Bonchev–Trinajstić information content (AvgIpc) is 2.65. The van der Waals surface area contributed by atoms with Crippen LogP contribution in [0.4, 0.5) is 10.5 Å². The lowest BCUT2D eigenvalue weighted by atomic mass is 10.1. The first-order valence-corrected chi connectivity index (χ1v) is 8.04. The van der Waals surface area contributed by atoms with Crippen molar-refractivity contribution < 1.29 is 24.2 Å². The van der Waals surface area contributed by atoms with Crippen LogP contribution in [0.2, 0.25) is 0 Å². The fraction of sp³-hybridized carbons (Fsp3) is 0.0500. The van der Waals surface area contributed by atoms with E-state index in [0.717, 1.165) is 4.90 Å². The molecule has 3 rings (SSSR count). The van der Waals surface area contributed by atoms with Crippen molar-refractivity contribution in [3.05, 3.63) is 72.3 Å². The summed E-state index contributed by atoms with van der Waals surface area (Å²) in [5.74, 6) is -0.990. The summed E-state index contributed by atoms with van der Waals surface area (Å²) < 4.78 is 5.44. The maximum absolute atomic E-state index is 12.8. The lowest BCUT2D eigenvalue weighted by molar-refractivity contribution is -0.122. The molecule has 0 radical (unpaired) electrons. The third-order valence-electron chi connectivity index (χ3n) is 3.75. The van der Waals surface area contributed by atoms with Crippen LogP contribution in [-0.2, 0) is 9.59 Å². The van der Waals surface area contributed by atoms with Crippen molar-refractivity contribution >= 4 is 29.6 Å². The Balaban J connectivity index is 1.94. The van der Waals surface area contributed by atoms with Gasteiger partial charge in [0.1, 0.15) is 23.7 Å². The number of benzene rings is 2. The van der Waals surface area contributed by atoms with Gasteiger partial charge in [0.15, 0.2) is 0 Å². The summed E-state index contributed by atoms with van der Waals surface area (Å²) in [6.07, 6.45) is 2.99. The molecule has 0 saturated carbocycles. The summed E-state index contributed by atoms with van der Waals surface area (Å²) in [6.45, 7) is 3.90. The van der Waals surface area contributed by atoms with Crippen LogP contribution in [0.3, 0.4) is 0 Å². The highest BCUT2D eigenvalue weighted by Crippen LogP contribution is 2.24. The third kappa shape index (κ3) is 3.87. The SMILES string of the molecule is C=CCOc1cccc(/C=C2/C(=O)NC(=O)N(c3ccc(O)cc3)C2=O)c1. The average molecular weight is 364 g/mol. The Kier molecular flexibility index (Phi) is 5.03. The number of carbonyl (C=O) groups is 3. The zero-order chi connectivity index (χ0) is 19.4. The van der Waals surface area contributed by atoms with Gasteiger partial charge in [0.25, 0.3) is 11.8 Å². The minimum atomic E-state index is -0.851. The van der Waals surface area contributed by atoms with E-state index in [1.165, 1.54) is 30.3 Å². The molecule has 1 aliphatic rings. The maximum Gasteiger partial charge on any atom is 0.335 e. The number of anilines is 1. The molecule has 0 bridgehead atoms. The van der Waals surface area contributed by atoms with E-state index in [-0.39, 0.29) is 17.0 Å². The van der Waals surface area contributed by atoms with E-state index in [1.807, 2.05) is 0 Å². The molecular weight excluding hydrogens is 348 g/mol. The lowest BCUT2D eigenvalue weighted by Gasteiger charge is -2.26. The van der Waals surface area contributed by atoms with Crippen LogP contribution in [0.1, 0.15) is 5.56 Å². The molecule has 0 atom stereocenters. The van der Waals surface area contributed by atoms with Crippen LogP contribution in [0.5, 0.6) is 11.5 Å². The van der Waals surface area contributed by atoms with Gasteiger partial charge in [-0.1, -0.05) is 24.8 Å². The standard InChI is InChI=1S/C20H16N2O5/c1-2-10-27-16-5-3-4-13(11-16)12-17-18(24)21-20(26)22(19(17)25)14-6-8-15(23)9-7-14/h2-9,11-12,23H,1,10H2,(H,21,24,26)/b17-12-. The van der Waals surface area contributed by atoms with Gasteiger partial charge >= 0.3 is 6.03 Å². The molecular formula is C20H16N2O5. The number of hydrogen-bond acceptors (Lipinski definition) is 5. The molecule has 27 heavy (non-hydrogen) atoms. The van der Waals surface area contributed by atoms with E-state index < -0.39 is 17.8 Å². The van der Waals surface area contributed by atoms with Gasteiger partial charge in [0.2, 0.25) is 0 Å². The minimum absolute atomic E-state index is 0.00759. The number of phenols is 1. The molecule has 7 nitrogen and oxygen atoms in total. The highest BCUT2D eigenvalue weighted by molar-refractivity contribution is 6.39. The van der Waals surface area contributed by atoms with Gasteiger partial charge < -0.3 is 9.84 Å². The Bertz CT molecular complexity index is 947. The van der Waals surface area contributed by atoms with Crippen molar-refractivity contribution in [2.45, 2.75) is 0 Å². The number of phenolic OH excluding ortho intramolecular Hbond substituents is 1. The first-order valence-electron chi connectivity index (χ1n) is 8.04. The second kappa shape index (κ2) is 7.57. The van der Waals surface area contributed by atoms with E-state index in [2.05, 4.69) is 11.9 Å². The number of carbonyl (C=O) groups excluding carboxylic acids is 3. The Morgan fingerprint density at radius 3 is 2.56 bits per heavy atom. The predicted molar refractivity (Wildman–Crippen MR) is 99.2 cm³/mol. The number of barbiturate groups is 1. The Morgan fingerprint density at radius 1 is 1.11 bits per heavy atom. The molecule has 1 heterocycles. The van der Waals surface area contributed by atoms with Gasteiger partial charge in [-0.15, -0.1) is 0 Å². The number of urea groups is 1. The summed E-state index contributed by atoms with van der Waals surface area (Å²) >= 11 is 0. The van der Waals surface area contributed by atoms with Crippen molar-refractivity contribution in [2.75, 3.05) is 11.5 Å². The van der Waals surface area contributed by atoms with Gasteiger partial charge in [0.05, 0.1) is 5.69 Å². The molecule has 0 spiro atoms. The molecule has 1 saturated heterocycles. The van der Waals surface area contributed by atoms with Crippen molar-refractivity contribution in [1.29, 1.82) is 0 Å². The van der Waals surface area contributed by atoms with Gasteiger partial charge in [-0.2, -0.15) is 0 Å². The topological polar surface area (TPSA) is 95.9 Å². The van der Waals surface area contributed by atoms with Crippen LogP contribution >= 0.6 is 0 Å². The first-order chi connectivity index (χ1) is 13.0. The van der Waals surface area contributed by atoms with Gasteiger partial charge in [-0.3, -0.25) is 14.9 Å². The Morgan fingerprint density at radius 2 is 1.85 bits per heavy atom. The molecule has 4 amide bonds. The van der Waals surface area contributed by atoms with E-state index in [4.69, 9.17) is 4.74 Å². The number of ether oxygens (including phenoxy) is 1. The molecule has 2 aromatic rings. The van der Waals surface area contributed by atoms with E-state index in [1.54, 1.807) is 30.3 Å². The van der Waals surface area contributed by atoms with Crippen LogP contribution in [-0.4, -0.2) is 29.6 Å².